The van der Waals surface area contributed by atoms with Gasteiger partial charge >= 0.3 is 0 Å². The van der Waals surface area contributed by atoms with E-state index in [0.29, 0.717) is 18.8 Å². The summed E-state index contributed by atoms with van der Waals surface area (Å²) >= 11 is 0. The average molecular weight is 180 g/mol. The summed E-state index contributed by atoms with van der Waals surface area (Å²) in [6.07, 6.45) is 1.76. The van der Waals surface area contributed by atoms with Gasteiger partial charge in [-0.3, -0.25) is 9.48 Å². The summed E-state index contributed by atoms with van der Waals surface area (Å²) in [6, 6.07) is 1.86. The zero-order valence-corrected chi connectivity index (χ0v) is 7.47. The maximum atomic E-state index is 11.6. The highest BCUT2D eigenvalue weighted by molar-refractivity contribution is 5.92. The first-order chi connectivity index (χ1) is 6.16. The lowest BCUT2D eigenvalue weighted by atomic mass is 10.1. The molecule has 1 aliphatic rings. The van der Waals surface area contributed by atoms with Crippen LogP contribution in [0.1, 0.15) is 10.5 Å². The van der Waals surface area contributed by atoms with Crippen LogP contribution in [0, 0.1) is 0 Å². The Morgan fingerprint density at radius 3 is 2.85 bits per heavy atom. The molecule has 0 saturated carbocycles. The van der Waals surface area contributed by atoms with Gasteiger partial charge in [0.05, 0.1) is 0 Å². The number of nitrogens with two attached hydrogens (primary N) is 1. The fourth-order valence-electron chi connectivity index (χ4n) is 1.37. The predicted octanol–water partition coefficient (Wildman–Crippen LogP) is -0.797. The molecule has 1 amide bonds. The standard InChI is InChI=1S/C8H12N4O/c1-11-3-2-7(10-11)8(13)12-4-6(9)5-12/h2-3,6H,4-5,9H2,1H3. The van der Waals surface area contributed by atoms with Crippen molar-refractivity contribution in [2.24, 2.45) is 12.8 Å². The number of rotatable bonds is 1. The van der Waals surface area contributed by atoms with Crippen LogP contribution < -0.4 is 5.73 Å². The van der Waals surface area contributed by atoms with Gasteiger partial charge in [-0.15, -0.1) is 0 Å². The molecule has 0 spiro atoms. The van der Waals surface area contributed by atoms with Crippen LogP contribution >= 0.6 is 0 Å². The number of nitrogens with zero attached hydrogens (tertiary/aromatic N) is 3. The van der Waals surface area contributed by atoms with Crippen molar-refractivity contribution in [1.29, 1.82) is 0 Å². The molecule has 70 valence electrons. The van der Waals surface area contributed by atoms with Gasteiger partial charge in [-0.25, -0.2) is 0 Å². The summed E-state index contributed by atoms with van der Waals surface area (Å²) in [7, 11) is 1.79. The molecule has 0 bridgehead atoms. The lowest BCUT2D eigenvalue weighted by Crippen LogP contribution is -2.57. The molecule has 5 heteroatoms. The van der Waals surface area contributed by atoms with Crippen molar-refractivity contribution >= 4 is 5.91 Å². The zero-order chi connectivity index (χ0) is 9.42. The van der Waals surface area contributed by atoms with Crippen LogP contribution in [0.15, 0.2) is 12.3 Å². The Kier molecular flexibility index (Phi) is 1.81. The van der Waals surface area contributed by atoms with Crippen molar-refractivity contribution < 1.29 is 4.79 Å². The second-order valence-electron chi connectivity index (χ2n) is 3.34. The molecule has 2 N–H and O–H groups in total. The molecule has 2 heterocycles. The highest BCUT2D eigenvalue weighted by Gasteiger charge is 2.29. The maximum Gasteiger partial charge on any atom is 0.274 e. The molecule has 1 fully saturated rings. The van der Waals surface area contributed by atoms with Crippen molar-refractivity contribution in [1.82, 2.24) is 14.7 Å². The molecule has 1 saturated heterocycles. The molecule has 0 atom stereocenters. The van der Waals surface area contributed by atoms with Gasteiger partial charge in [0, 0.05) is 32.4 Å². The molecule has 1 aromatic rings. The molecular weight excluding hydrogens is 168 g/mol. The van der Waals surface area contributed by atoms with E-state index in [1.807, 2.05) is 0 Å². The molecule has 0 aromatic carbocycles. The SMILES string of the molecule is Cn1ccc(C(=O)N2CC(N)C2)n1. The van der Waals surface area contributed by atoms with Gasteiger partial charge in [-0.2, -0.15) is 5.10 Å². The van der Waals surface area contributed by atoms with E-state index in [4.69, 9.17) is 5.73 Å². The smallest absolute Gasteiger partial charge is 0.274 e. The lowest BCUT2D eigenvalue weighted by Gasteiger charge is -2.36. The first kappa shape index (κ1) is 8.25. The summed E-state index contributed by atoms with van der Waals surface area (Å²) in [4.78, 5) is 13.3. The third-order valence-electron chi connectivity index (χ3n) is 2.13. The van der Waals surface area contributed by atoms with E-state index in [1.54, 1.807) is 28.9 Å². The number of carbonyl (C=O) groups excluding carboxylic acids is 1. The fourth-order valence-corrected chi connectivity index (χ4v) is 1.37. The second kappa shape index (κ2) is 2.85. The second-order valence-corrected chi connectivity index (χ2v) is 3.34. The van der Waals surface area contributed by atoms with E-state index in [2.05, 4.69) is 5.10 Å². The van der Waals surface area contributed by atoms with Gasteiger partial charge in [0.2, 0.25) is 0 Å². The van der Waals surface area contributed by atoms with Crippen LogP contribution in [0.5, 0.6) is 0 Å². The van der Waals surface area contributed by atoms with E-state index >= 15 is 0 Å². The highest BCUT2D eigenvalue weighted by Crippen LogP contribution is 2.09. The average Bonchev–Trinajstić information content (AvgIpc) is 2.45. The lowest BCUT2D eigenvalue weighted by molar-refractivity contribution is 0.0601. The number of hydrogen-bond donors (Lipinski definition) is 1. The molecule has 0 radical (unpaired) electrons. The Morgan fingerprint density at radius 1 is 1.69 bits per heavy atom. The Labute approximate surface area is 76.1 Å². The molecular formula is C8H12N4O. The maximum absolute atomic E-state index is 11.6. The van der Waals surface area contributed by atoms with Crippen molar-refractivity contribution in [3.8, 4) is 0 Å². The number of likely N-dealkylation sites (tertiary alicyclic amines) is 1. The van der Waals surface area contributed by atoms with Crippen LogP contribution in [0.3, 0.4) is 0 Å². The normalized spacial score (nSPS) is 17.2. The van der Waals surface area contributed by atoms with E-state index in [-0.39, 0.29) is 11.9 Å². The Bertz CT molecular complexity index is 327. The van der Waals surface area contributed by atoms with Crippen molar-refractivity contribution in [3.05, 3.63) is 18.0 Å². The van der Waals surface area contributed by atoms with Gasteiger partial charge in [0.25, 0.3) is 5.91 Å². The number of hydrogen-bond acceptors (Lipinski definition) is 3. The number of amides is 1. The van der Waals surface area contributed by atoms with Crippen molar-refractivity contribution in [2.75, 3.05) is 13.1 Å². The topological polar surface area (TPSA) is 64.2 Å². The predicted molar refractivity (Wildman–Crippen MR) is 47.1 cm³/mol. The quantitative estimate of drug-likeness (QED) is 0.615. The van der Waals surface area contributed by atoms with E-state index in [1.165, 1.54) is 0 Å². The minimum atomic E-state index is -0.0256. The Balaban J connectivity index is 2.06. The Hall–Kier alpha value is -1.36. The van der Waals surface area contributed by atoms with Gasteiger partial charge in [0.1, 0.15) is 5.69 Å². The molecule has 2 rings (SSSR count). The summed E-state index contributed by atoms with van der Waals surface area (Å²) in [6.45, 7) is 1.30. The molecule has 1 aromatic heterocycles. The molecule has 13 heavy (non-hydrogen) atoms. The third kappa shape index (κ3) is 1.42. The van der Waals surface area contributed by atoms with E-state index < -0.39 is 0 Å². The number of aromatic nitrogens is 2. The van der Waals surface area contributed by atoms with Crippen molar-refractivity contribution in [3.63, 3.8) is 0 Å². The minimum absolute atomic E-state index is 0.0256. The van der Waals surface area contributed by atoms with E-state index in [9.17, 15) is 4.79 Å². The van der Waals surface area contributed by atoms with Crippen LogP contribution in [0.4, 0.5) is 0 Å². The summed E-state index contributed by atoms with van der Waals surface area (Å²) in [5.41, 5.74) is 6.07. The summed E-state index contributed by atoms with van der Waals surface area (Å²) in [5, 5.41) is 4.02. The van der Waals surface area contributed by atoms with Gasteiger partial charge in [-0.1, -0.05) is 0 Å². The first-order valence-electron chi connectivity index (χ1n) is 4.21. The number of aryl methyl sites for hydroxylation is 1. The van der Waals surface area contributed by atoms with Gasteiger partial charge in [-0.05, 0) is 6.07 Å². The fraction of sp³-hybridized carbons (Fsp3) is 0.500. The van der Waals surface area contributed by atoms with Crippen molar-refractivity contribution in [2.45, 2.75) is 6.04 Å². The minimum Gasteiger partial charge on any atom is -0.334 e. The highest BCUT2D eigenvalue weighted by atomic mass is 16.2. The first-order valence-corrected chi connectivity index (χ1v) is 4.21. The molecule has 0 unspecified atom stereocenters. The number of carbonyl (C=O) groups is 1. The molecule has 1 aliphatic heterocycles. The van der Waals surface area contributed by atoms with Crippen LogP contribution in [0.2, 0.25) is 0 Å². The van der Waals surface area contributed by atoms with E-state index in [0.717, 1.165) is 0 Å². The van der Waals surface area contributed by atoms with Crippen LogP contribution in [-0.4, -0.2) is 39.7 Å². The zero-order valence-electron chi connectivity index (χ0n) is 7.47. The van der Waals surface area contributed by atoms with Gasteiger partial charge in [0.15, 0.2) is 0 Å². The molecule has 5 nitrogen and oxygen atoms in total. The summed E-state index contributed by atoms with van der Waals surface area (Å²) in [5.74, 6) is -0.0256. The van der Waals surface area contributed by atoms with Gasteiger partial charge < -0.3 is 10.6 Å². The molecule has 0 aliphatic carbocycles. The largest absolute Gasteiger partial charge is 0.334 e. The monoisotopic (exact) mass is 180 g/mol. The summed E-state index contributed by atoms with van der Waals surface area (Å²) < 4.78 is 1.62. The van der Waals surface area contributed by atoms with Crippen LogP contribution in [0.25, 0.3) is 0 Å². The third-order valence-corrected chi connectivity index (χ3v) is 2.13. The Morgan fingerprint density at radius 2 is 2.38 bits per heavy atom. The van der Waals surface area contributed by atoms with Crippen LogP contribution in [-0.2, 0) is 7.05 Å².